The Morgan fingerprint density at radius 3 is 2.63 bits per heavy atom. The number of methoxy groups -OCH3 is 1. The fraction of sp³-hybridized carbons (Fsp3) is 0.133. The lowest BCUT2D eigenvalue weighted by Crippen LogP contribution is -1.95. The lowest BCUT2D eigenvalue weighted by Gasteiger charge is -2.07. The molecule has 1 heterocycles. The van der Waals surface area contributed by atoms with Crippen LogP contribution in [0.2, 0.25) is 0 Å². The van der Waals surface area contributed by atoms with Crippen molar-refractivity contribution < 1.29 is 9.47 Å². The molecular weight excluding hydrogens is 240 g/mol. The molecule has 0 aliphatic rings. The molecule has 1 aromatic heterocycles. The summed E-state index contributed by atoms with van der Waals surface area (Å²) >= 11 is 0. The number of rotatable bonds is 4. The van der Waals surface area contributed by atoms with Gasteiger partial charge in [0.15, 0.2) is 0 Å². The first-order valence-corrected chi connectivity index (χ1v) is 6.04. The number of nitrogens with one attached hydrogen (secondary N) is 1. The van der Waals surface area contributed by atoms with Crippen molar-refractivity contribution in [2.45, 2.75) is 6.61 Å². The van der Waals surface area contributed by atoms with Crippen molar-refractivity contribution in [3.05, 3.63) is 54.4 Å². The van der Waals surface area contributed by atoms with Crippen LogP contribution in [0.1, 0.15) is 5.56 Å². The molecule has 0 aliphatic carbocycles. The molecule has 4 nitrogen and oxygen atoms in total. The number of H-pyrrole nitrogens is 1. The monoisotopic (exact) mass is 254 g/mol. The van der Waals surface area contributed by atoms with Gasteiger partial charge in [0.1, 0.15) is 18.1 Å². The fourth-order valence-electron chi connectivity index (χ4n) is 1.89. The van der Waals surface area contributed by atoms with Gasteiger partial charge in [0.05, 0.1) is 24.5 Å². The molecule has 0 saturated carbocycles. The van der Waals surface area contributed by atoms with E-state index in [2.05, 4.69) is 9.97 Å². The van der Waals surface area contributed by atoms with Gasteiger partial charge in [-0.1, -0.05) is 12.1 Å². The SMILES string of the molecule is COc1ccc(COc2ccc3nc[nH]c3c2)cc1. The number of benzene rings is 2. The van der Waals surface area contributed by atoms with E-state index in [0.29, 0.717) is 6.61 Å². The maximum absolute atomic E-state index is 5.75. The number of ether oxygens (including phenoxy) is 2. The van der Waals surface area contributed by atoms with Gasteiger partial charge in [0, 0.05) is 6.07 Å². The molecule has 0 amide bonds. The normalized spacial score (nSPS) is 10.6. The Balaban J connectivity index is 1.70. The van der Waals surface area contributed by atoms with Crippen molar-refractivity contribution in [2.75, 3.05) is 7.11 Å². The number of imidazole rings is 1. The van der Waals surface area contributed by atoms with E-state index in [1.54, 1.807) is 13.4 Å². The molecule has 1 N–H and O–H groups in total. The smallest absolute Gasteiger partial charge is 0.122 e. The first kappa shape index (κ1) is 11.6. The van der Waals surface area contributed by atoms with Gasteiger partial charge >= 0.3 is 0 Å². The second-order valence-corrected chi connectivity index (χ2v) is 4.22. The van der Waals surface area contributed by atoms with Crippen molar-refractivity contribution in [1.82, 2.24) is 9.97 Å². The highest BCUT2D eigenvalue weighted by molar-refractivity contribution is 5.75. The molecule has 0 aliphatic heterocycles. The van der Waals surface area contributed by atoms with E-state index >= 15 is 0 Å². The third-order valence-electron chi connectivity index (χ3n) is 2.96. The Kier molecular flexibility index (Phi) is 3.06. The molecule has 0 fully saturated rings. The number of aromatic nitrogens is 2. The first-order chi connectivity index (χ1) is 9.35. The Bertz CT molecular complexity index is 674. The summed E-state index contributed by atoms with van der Waals surface area (Å²) in [6.45, 7) is 0.531. The molecule has 0 radical (unpaired) electrons. The van der Waals surface area contributed by atoms with Crippen LogP contribution in [0, 0.1) is 0 Å². The van der Waals surface area contributed by atoms with E-state index in [1.165, 1.54) is 0 Å². The van der Waals surface area contributed by atoms with E-state index in [-0.39, 0.29) is 0 Å². The van der Waals surface area contributed by atoms with Gasteiger partial charge < -0.3 is 14.5 Å². The van der Waals surface area contributed by atoms with Crippen molar-refractivity contribution in [2.24, 2.45) is 0 Å². The van der Waals surface area contributed by atoms with Gasteiger partial charge in [0.2, 0.25) is 0 Å². The summed E-state index contributed by atoms with van der Waals surface area (Å²) < 4.78 is 10.9. The number of nitrogens with zero attached hydrogens (tertiary/aromatic N) is 1. The van der Waals surface area contributed by atoms with Gasteiger partial charge in [-0.15, -0.1) is 0 Å². The highest BCUT2D eigenvalue weighted by atomic mass is 16.5. The predicted molar refractivity (Wildman–Crippen MR) is 73.4 cm³/mol. The lowest BCUT2D eigenvalue weighted by molar-refractivity contribution is 0.306. The average Bonchev–Trinajstić information content (AvgIpc) is 2.93. The topological polar surface area (TPSA) is 47.1 Å². The minimum Gasteiger partial charge on any atom is -0.497 e. The lowest BCUT2D eigenvalue weighted by atomic mass is 10.2. The maximum atomic E-state index is 5.75. The quantitative estimate of drug-likeness (QED) is 0.778. The number of hydrogen-bond acceptors (Lipinski definition) is 3. The summed E-state index contributed by atoms with van der Waals surface area (Å²) in [5.41, 5.74) is 3.02. The maximum Gasteiger partial charge on any atom is 0.122 e. The molecule has 2 aromatic carbocycles. The van der Waals surface area contributed by atoms with E-state index in [9.17, 15) is 0 Å². The second-order valence-electron chi connectivity index (χ2n) is 4.22. The fourth-order valence-corrected chi connectivity index (χ4v) is 1.89. The van der Waals surface area contributed by atoms with E-state index < -0.39 is 0 Å². The molecule has 3 aromatic rings. The molecule has 0 bridgehead atoms. The zero-order valence-electron chi connectivity index (χ0n) is 10.6. The second kappa shape index (κ2) is 5.02. The number of hydrogen-bond donors (Lipinski definition) is 1. The first-order valence-electron chi connectivity index (χ1n) is 6.04. The Morgan fingerprint density at radius 2 is 1.84 bits per heavy atom. The van der Waals surface area contributed by atoms with Crippen LogP contribution >= 0.6 is 0 Å². The average molecular weight is 254 g/mol. The highest BCUT2D eigenvalue weighted by Gasteiger charge is 2.00. The molecule has 4 heteroatoms. The molecule has 96 valence electrons. The van der Waals surface area contributed by atoms with Gasteiger partial charge in [0.25, 0.3) is 0 Å². The van der Waals surface area contributed by atoms with Crippen molar-refractivity contribution >= 4 is 11.0 Å². The van der Waals surface area contributed by atoms with Crippen LogP contribution in [-0.2, 0) is 6.61 Å². The molecule has 0 saturated heterocycles. The molecular formula is C15H14N2O2. The standard InChI is InChI=1S/C15H14N2O2/c1-18-12-4-2-11(3-5-12)9-19-13-6-7-14-15(8-13)17-10-16-14/h2-8,10H,9H2,1H3,(H,16,17). The summed E-state index contributed by atoms with van der Waals surface area (Å²) in [6, 6.07) is 13.7. The van der Waals surface area contributed by atoms with Crippen LogP contribution < -0.4 is 9.47 Å². The van der Waals surface area contributed by atoms with E-state index in [1.807, 2.05) is 42.5 Å². The van der Waals surface area contributed by atoms with Gasteiger partial charge in [-0.3, -0.25) is 0 Å². The molecule has 3 rings (SSSR count). The zero-order valence-corrected chi connectivity index (χ0v) is 10.6. The van der Waals surface area contributed by atoms with E-state index in [0.717, 1.165) is 28.1 Å². The number of fused-ring (bicyclic) bond motifs is 1. The minimum atomic E-state index is 0.531. The van der Waals surface area contributed by atoms with Crippen LogP contribution in [0.4, 0.5) is 0 Å². The van der Waals surface area contributed by atoms with Gasteiger partial charge in [-0.25, -0.2) is 4.98 Å². The van der Waals surface area contributed by atoms with Gasteiger partial charge in [-0.2, -0.15) is 0 Å². The van der Waals surface area contributed by atoms with Crippen LogP contribution in [0.15, 0.2) is 48.8 Å². The summed E-state index contributed by atoms with van der Waals surface area (Å²) in [5, 5.41) is 0. The van der Waals surface area contributed by atoms with Crippen molar-refractivity contribution in [1.29, 1.82) is 0 Å². The summed E-state index contributed by atoms with van der Waals surface area (Å²) in [5.74, 6) is 1.68. The zero-order chi connectivity index (χ0) is 13.1. The summed E-state index contributed by atoms with van der Waals surface area (Å²) in [4.78, 5) is 7.24. The van der Waals surface area contributed by atoms with Crippen LogP contribution in [0.25, 0.3) is 11.0 Å². The van der Waals surface area contributed by atoms with Crippen LogP contribution in [0.3, 0.4) is 0 Å². The Hall–Kier alpha value is -2.49. The third-order valence-corrected chi connectivity index (χ3v) is 2.96. The minimum absolute atomic E-state index is 0.531. The van der Waals surface area contributed by atoms with Gasteiger partial charge in [-0.05, 0) is 29.8 Å². The predicted octanol–water partition coefficient (Wildman–Crippen LogP) is 3.15. The largest absolute Gasteiger partial charge is 0.497 e. The number of aromatic amines is 1. The van der Waals surface area contributed by atoms with Crippen LogP contribution in [0.5, 0.6) is 11.5 Å². The van der Waals surface area contributed by atoms with Crippen LogP contribution in [-0.4, -0.2) is 17.1 Å². The summed E-state index contributed by atoms with van der Waals surface area (Å²) in [6.07, 6.45) is 1.68. The highest BCUT2D eigenvalue weighted by Crippen LogP contribution is 2.19. The summed E-state index contributed by atoms with van der Waals surface area (Å²) in [7, 11) is 1.66. The molecule has 19 heavy (non-hydrogen) atoms. The molecule has 0 spiro atoms. The molecule has 0 atom stereocenters. The van der Waals surface area contributed by atoms with Crippen molar-refractivity contribution in [3.63, 3.8) is 0 Å². The van der Waals surface area contributed by atoms with E-state index in [4.69, 9.17) is 9.47 Å². The molecule has 0 unspecified atom stereocenters. The third kappa shape index (κ3) is 2.52. The van der Waals surface area contributed by atoms with Crippen molar-refractivity contribution in [3.8, 4) is 11.5 Å². The Morgan fingerprint density at radius 1 is 1.05 bits per heavy atom. The Labute approximate surface area is 111 Å².